The van der Waals surface area contributed by atoms with Gasteiger partial charge >= 0.3 is 0 Å². The number of aliphatic hydroxyl groups is 1. The second-order valence-corrected chi connectivity index (χ2v) is 11.0. The summed E-state index contributed by atoms with van der Waals surface area (Å²) in [5, 5.41) is 13.7. The summed E-state index contributed by atoms with van der Waals surface area (Å²) in [6, 6.07) is 7.83. The largest absolute Gasteiger partial charge is 0.396 e. The lowest BCUT2D eigenvalue weighted by atomic mass is 9.86. The summed E-state index contributed by atoms with van der Waals surface area (Å²) in [4.78, 5) is 33.9. The van der Waals surface area contributed by atoms with Crippen LogP contribution in [0.25, 0.3) is 5.57 Å². The molecular formula is C29H36N4O3. The normalized spacial score (nSPS) is 27.4. The number of hydrogen-bond acceptors (Lipinski definition) is 5. The monoisotopic (exact) mass is 488 g/mol. The second kappa shape index (κ2) is 9.94. The Hall–Kier alpha value is -2.77. The molecule has 1 saturated heterocycles. The SMILES string of the molecule is O=C(NCCc1ccncc1)[C@H]1[C@H](CO)[C@H]2Cn3c(ccc(C4=CCCCC4)c3=O)[C@@H]1N2CC1CC1. The van der Waals surface area contributed by atoms with Gasteiger partial charge in [0.2, 0.25) is 5.91 Å². The number of nitrogens with one attached hydrogen (secondary N) is 1. The van der Waals surface area contributed by atoms with Gasteiger partial charge in [-0.25, -0.2) is 0 Å². The number of fused-ring (bicyclic) bond motifs is 4. The molecule has 2 aromatic heterocycles. The maximum Gasteiger partial charge on any atom is 0.258 e. The maximum absolute atomic E-state index is 13.7. The van der Waals surface area contributed by atoms with E-state index in [1.807, 2.05) is 22.8 Å². The highest BCUT2D eigenvalue weighted by atomic mass is 16.3. The summed E-state index contributed by atoms with van der Waals surface area (Å²) >= 11 is 0. The standard InChI is InChI=1S/C29H36N4O3/c34-18-23-25-17-33-24(9-8-22(29(33)36)21-4-2-1-3-5-21)27(32(25)16-20-6-7-20)26(23)28(35)31-15-12-19-10-13-30-14-11-19/h4,8-11,13-14,20,23,25-27,34H,1-3,5-7,12,15-18H2,(H,31,35)/t23-,25-,26+,27+/m1/s1. The van der Waals surface area contributed by atoms with Crippen LogP contribution in [0.5, 0.6) is 0 Å². The Bertz CT molecular complexity index is 1200. The molecule has 7 heteroatoms. The summed E-state index contributed by atoms with van der Waals surface area (Å²) in [7, 11) is 0. The van der Waals surface area contributed by atoms with Crippen molar-refractivity contribution in [3.63, 3.8) is 0 Å². The third-order valence-electron chi connectivity index (χ3n) is 8.74. The lowest BCUT2D eigenvalue weighted by Crippen LogP contribution is -2.47. The number of rotatable bonds is 8. The number of amides is 1. The van der Waals surface area contributed by atoms with Crippen molar-refractivity contribution in [2.24, 2.45) is 17.8 Å². The van der Waals surface area contributed by atoms with E-state index in [9.17, 15) is 14.7 Å². The van der Waals surface area contributed by atoms with Gasteiger partial charge in [-0.15, -0.1) is 0 Å². The van der Waals surface area contributed by atoms with Crippen molar-refractivity contribution in [2.75, 3.05) is 19.7 Å². The van der Waals surface area contributed by atoms with Crippen LogP contribution in [-0.4, -0.2) is 51.2 Å². The average molecular weight is 489 g/mol. The zero-order valence-corrected chi connectivity index (χ0v) is 20.8. The van der Waals surface area contributed by atoms with Gasteiger partial charge in [-0.05, 0) is 86.3 Å². The van der Waals surface area contributed by atoms with E-state index in [1.54, 1.807) is 12.4 Å². The fraction of sp³-hybridized carbons (Fsp3) is 0.552. The molecule has 4 atom stereocenters. The lowest BCUT2D eigenvalue weighted by Gasteiger charge is -2.38. The number of allylic oxidation sites excluding steroid dienone is 2. The summed E-state index contributed by atoms with van der Waals surface area (Å²) in [6.45, 7) is 1.97. The molecule has 2 bridgehead atoms. The Balaban J connectivity index is 1.31. The van der Waals surface area contributed by atoms with Gasteiger partial charge < -0.3 is 15.0 Å². The van der Waals surface area contributed by atoms with Crippen molar-refractivity contribution >= 4 is 11.5 Å². The van der Waals surface area contributed by atoms with E-state index in [0.29, 0.717) is 19.0 Å². The molecular weight excluding hydrogens is 452 g/mol. The molecule has 7 nitrogen and oxygen atoms in total. The van der Waals surface area contributed by atoms with Gasteiger partial charge in [-0.1, -0.05) is 6.08 Å². The molecule has 6 rings (SSSR count). The number of pyridine rings is 2. The van der Waals surface area contributed by atoms with E-state index >= 15 is 0 Å². The van der Waals surface area contributed by atoms with E-state index in [1.165, 1.54) is 24.8 Å². The van der Waals surface area contributed by atoms with E-state index in [4.69, 9.17) is 0 Å². The van der Waals surface area contributed by atoms with Gasteiger partial charge in [0.15, 0.2) is 0 Å². The third kappa shape index (κ3) is 4.33. The number of aliphatic hydroxyl groups excluding tert-OH is 1. The molecule has 0 radical (unpaired) electrons. The smallest absolute Gasteiger partial charge is 0.258 e. The van der Waals surface area contributed by atoms with E-state index in [0.717, 1.165) is 49.0 Å². The molecule has 0 spiro atoms. The molecule has 4 heterocycles. The predicted octanol–water partition coefficient (Wildman–Crippen LogP) is 2.93. The van der Waals surface area contributed by atoms with Gasteiger partial charge in [-0.2, -0.15) is 0 Å². The number of carbonyl (C=O) groups is 1. The van der Waals surface area contributed by atoms with Crippen LogP contribution < -0.4 is 10.9 Å². The van der Waals surface area contributed by atoms with Crippen LogP contribution in [0.3, 0.4) is 0 Å². The summed E-state index contributed by atoms with van der Waals surface area (Å²) < 4.78 is 1.93. The quantitative estimate of drug-likeness (QED) is 0.597. The first kappa shape index (κ1) is 23.6. The summed E-state index contributed by atoms with van der Waals surface area (Å²) in [5.74, 6) is 0.0829. The molecule has 4 aliphatic rings. The molecule has 1 saturated carbocycles. The van der Waals surface area contributed by atoms with Crippen molar-refractivity contribution in [3.8, 4) is 0 Å². The van der Waals surface area contributed by atoms with Gasteiger partial charge in [0.05, 0.1) is 12.0 Å². The molecule has 190 valence electrons. The van der Waals surface area contributed by atoms with Crippen LogP contribution >= 0.6 is 0 Å². The fourth-order valence-corrected chi connectivity index (χ4v) is 6.70. The molecule has 2 aliphatic heterocycles. The first-order chi connectivity index (χ1) is 17.7. The van der Waals surface area contributed by atoms with Crippen molar-refractivity contribution in [3.05, 3.63) is 69.9 Å². The highest BCUT2D eigenvalue weighted by Gasteiger charge is 2.56. The van der Waals surface area contributed by atoms with E-state index in [2.05, 4.69) is 27.3 Å². The van der Waals surface area contributed by atoms with Gasteiger partial charge in [0.1, 0.15) is 0 Å². The molecule has 2 fully saturated rings. The maximum atomic E-state index is 13.7. The molecule has 2 aliphatic carbocycles. The van der Waals surface area contributed by atoms with Crippen molar-refractivity contribution in [2.45, 2.75) is 63.6 Å². The van der Waals surface area contributed by atoms with Gasteiger partial charge in [0.25, 0.3) is 5.56 Å². The van der Waals surface area contributed by atoms with E-state index < -0.39 is 0 Å². The molecule has 0 unspecified atom stereocenters. The summed E-state index contributed by atoms with van der Waals surface area (Å²) in [5.41, 5.74) is 4.11. The minimum atomic E-state index is -0.371. The Morgan fingerprint density at radius 3 is 2.69 bits per heavy atom. The van der Waals surface area contributed by atoms with Gasteiger partial charge in [0, 0.05) is 61.9 Å². The third-order valence-corrected chi connectivity index (χ3v) is 8.74. The molecule has 1 amide bonds. The van der Waals surface area contributed by atoms with Crippen molar-refractivity contribution < 1.29 is 9.90 Å². The average Bonchev–Trinajstić information content (AvgIpc) is 3.70. The van der Waals surface area contributed by atoms with Crippen LogP contribution in [0.2, 0.25) is 0 Å². The number of carbonyl (C=O) groups excluding carboxylic acids is 1. The van der Waals surface area contributed by atoms with E-state index in [-0.39, 0.29) is 42.0 Å². The van der Waals surface area contributed by atoms with Crippen LogP contribution in [-0.2, 0) is 17.8 Å². The molecule has 2 N–H and O–H groups in total. The predicted molar refractivity (Wildman–Crippen MR) is 138 cm³/mol. The van der Waals surface area contributed by atoms with Crippen LogP contribution in [0.1, 0.15) is 61.4 Å². The zero-order valence-electron chi connectivity index (χ0n) is 20.8. The lowest BCUT2D eigenvalue weighted by molar-refractivity contribution is -0.127. The number of nitrogens with zero attached hydrogens (tertiary/aromatic N) is 3. The van der Waals surface area contributed by atoms with Crippen molar-refractivity contribution in [1.82, 2.24) is 19.8 Å². The van der Waals surface area contributed by atoms with Crippen LogP contribution in [0, 0.1) is 17.8 Å². The molecule has 0 aromatic carbocycles. The first-order valence-electron chi connectivity index (χ1n) is 13.6. The Morgan fingerprint density at radius 2 is 1.97 bits per heavy atom. The zero-order chi connectivity index (χ0) is 24.6. The second-order valence-electron chi connectivity index (χ2n) is 11.0. The Morgan fingerprint density at radius 1 is 1.14 bits per heavy atom. The fourth-order valence-electron chi connectivity index (χ4n) is 6.70. The molecule has 36 heavy (non-hydrogen) atoms. The van der Waals surface area contributed by atoms with Crippen LogP contribution in [0.4, 0.5) is 0 Å². The number of hydrogen-bond donors (Lipinski definition) is 2. The minimum Gasteiger partial charge on any atom is -0.396 e. The van der Waals surface area contributed by atoms with Crippen LogP contribution in [0.15, 0.2) is 47.5 Å². The Kier molecular flexibility index (Phi) is 6.52. The first-order valence-corrected chi connectivity index (χ1v) is 13.6. The highest BCUT2D eigenvalue weighted by molar-refractivity contribution is 5.80. The molecule has 2 aromatic rings. The number of aromatic nitrogens is 2. The van der Waals surface area contributed by atoms with Crippen molar-refractivity contribution in [1.29, 1.82) is 0 Å². The minimum absolute atomic E-state index is 0.00247. The highest BCUT2D eigenvalue weighted by Crippen LogP contribution is 2.50. The summed E-state index contributed by atoms with van der Waals surface area (Å²) in [6.07, 6.45) is 13.2. The van der Waals surface area contributed by atoms with Gasteiger partial charge in [-0.3, -0.25) is 19.5 Å². The topological polar surface area (TPSA) is 87.5 Å². The Labute approximate surface area is 212 Å².